The second-order valence-corrected chi connectivity index (χ2v) is 4.41. The number of nitrogens with zero attached hydrogens (tertiary/aromatic N) is 1. The van der Waals surface area contributed by atoms with Crippen molar-refractivity contribution >= 4 is 11.8 Å². The Labute approximate surface area is 67.2 Å². The van der Waals surface area contributed by atoms with E-state index in [4.69, 9.17) is 0 Å². The monoisotopic (exact) mass is 157 g/mol. The van der Waals surface area contributed by atoms with Crippen LogP contribution in [0.1, 0.15) is 19.3 Å². The van der Waals surface area contributed by atoms with Gasteiger partial charge in [-0.1, -0.05) is 0 Å². The van der Waals surface area contributed by atoms with E-state index in [-0.39, 0.29) is 0 Å². The smallest absolute Gasteiger partial charge is 0.0198 e. The van der Waals surface area contributed by atoms with Crippen molar-refractivity contribution in [1.29, 1.82) is 0 Å². The Hall–Kier alpha value is 0.310. The SMILES string of the molecule is C1CCN2CCC2CSC1. The predicted molar refractivity (Wildman–Crippen MR) is 46.5 cm³/mol. The van der Waals surface area contributed by atoms with Gasteiger partial charge in [0.15, 0.2) is 0 Å². The maximum atomic E-state index is 2.64. The molecule has 58 valence electrons. The van der Waals surface area contributed by atoms with E-state index in [2.05, 4.69) is 16.7 Å². The molecule has 10 heavy (non-hydrogen) atoms. The van der Waals surface area contributed by atoms with Crippen LogP contribution < -0.4 is 0 Å². The van der Waals surface area contributed by atoms with Gasteiger partial charge in [-0.05, 0) is 38.1 Å². The standard InChI is InChI=1S/C8H15NS/c1-2-6-10-7-8-3-5-9(8)4-1/h8H,1-7H2. The van der Waals surface area contributed by atoms with Crippen LogP contribution in [0.15, 0.2) is 0 Å². The van der Waals surface area contributed by atoms with Gasteiger partial charge in [0.25, 0.3) is 0 Å². The molecule has 2 aliphatic heterocycles. The van der Waals surface area contributed by atoms with Crippen molar-refractivity contribution in [2.45, 2.75) is 25.3 Å². The number of rotatable bonds is 0. The molecular weight excluding hydrogens is 142 g/mol. The topological polar surface area (TPSA) is 3.24 Å². The van der Waals surface area contributed by atoms with Gasteiger partial charge in [-0.2, -0.15) is 11.8 Å². The third kappa shape index (κ3) is 1.32. The zero-order chi connectivity index (χ0) is 6.81. The summed E-state index contributed by atoms with van der Waals surface area (Å²) in [4.78, 5) is 2.64. The van der Waals surface area contributed by atoms with E-state index in [1.807, 2.05) is 0 Å². The van der Waals surface area contributed by atoms with Crippen molar-refractivity contribution in [3.8, 4) is 0 Å². The highest BCUT2D eigenvalue weighted by Crippen LogP contribution is 2.24. The molecule has 2 heteroatoms. The molecule has 0 radical (unpaired) electrons. The molecule has 0 spiro atoms. The number of hydrogen-bond acceptors (Lipinski definition) is 2. The molecule has 2 saturated heterocycles. The summed E-state index contributed by atoms with van der Waals surface area (Å²) in [6.45, 7) is 2.76. The van der Waals surface area contributed by atoms with Crippen molar-refractivity contribution in [3.63, 3.8) is 0 Å². The average molecular weight is 157 g/mol. The average Bonchev–Trinajstić information content (AvgIpc) is 1.89. The van der Waals surface area contributed by atoms with E-state index in [1.165, 1.54) is 43.9 Å². The van der Waals surface area contributed by atoms with E-state index in [0.717, 1.165) is 6.04 Å². The zero-order valence-corrected chi connectivity index (χ0v) is 7.20. The first kappa shape index (κ1) is 6.99. The summed E-state index contributed by atoms with van der Waals surface area (Å²) >= 11 is 2.15. The van der Waals surface area contributed by atoms with E-state index < -0.39 is 0 Å². The fraction of sp³-hybridized carbons (Fsp3) is 1.00. The molecule has 2 aliphatic rings. The van der Waals surface area contributed by atoms with Crippen molar-refractivity contribution < 1.29 is 0 Å². The minimum absolute atomic E-state index is 0.963. The third-order valence-electron chi connectivity index (χ3n) is 2.56. The minimum Gasteiger partial charge on any atom is -0.299 e. The first-order chi connectivity index (χ1) is 4.97. The van der Waals surface area contributed by atoms with E-state index in [1.54, 1.807) is 0 Å². The molecular formula is C8H15NS. The van der Waals surface area contributed by atoms with Gasteiger partial charge in [-0.25, -0.2) is 0 Å². The Balaban J connectivity index is 1.83. The normalized spacial score (nSPS) is 35.4. The summed E-state index contributed by atoms with van der Waals surface area (Å²) in [5, 5.41) is 0. The van der Waals surface area contributed by atoms with Crippen molar-refractivity contribution in [1.82, 2.24) is 4.90 Å². The summed E-state index contributed by atoms with van der Waals surface area (Å²) < 4.78 is 0. The van der Waals surface area contributed by atoms with Gasteiger partial charge in [0.1, 0.15) is 0 Å². The number of thioether (sulfide) groups is 1. The van der Waals surface area contributed by atoms with Crippen LogP contribution in [-0.2, 0) is 0 Å². The first-order valence-corrected chi connectivity index (χ1v) is 5.44. The number of fused-ring (bicyclic) bond motifs is 1. The van der Waals surface area contributed by atoms with Gasteiger partial charge in [-0.3, -0.25) is 4.90 Å². The van der Waals surface area contributed by atoms with Crippen LogP contribution in [0.3, 0.4) is 0 Å². The lowest BCUT2D eigenvalue weighted by atomic mass is 10.0. The molecule has 0 saturated carbocycles. The molecule has 0 N–H and O–H groups in total. The Bertz CT molecular complexity index is 102. The summed E-state index contributed by atoms with van der Waals surface area (Å²) in [5.74, 6) is 2.81. The van der Waals surface area contributed by atoms with Gasteiger partial charge in [0.05, 0.1) is 0 Å². The summed E-state index contributed by atoms with van der Waals surface area (Å²) in [6, 6.07) is 0.963. The molecule has 0 aliphatic carbocycles. The quantitative estimate of drug-likeness (QED) is 0.525. The van der Waals surface area contributed by atoms with Crippen molar-refractivity contribution in [2.24, 2.45) is 0 Å². The molecule has 1 atom stereocenters. The Morgan fingerprint density at radius 3 is 3.00 bits per heavy atom. The number of hydrogen-bond donors (Lipinski definition) is 0. The van der Waals surface area contributed by atoms with Gasteiger partial charge >= 0.3 is 0 Å². The van der Waals surface area contributed by atoms with Gasteiger partial charge in [-0.15, -0.1) is 0 Å². The molecule has 2 heterocycles. The minimum atomic E-state index is 0.963. The highest BCUT2D eigenvalue weighted by atomic mass is 32.2. The maximum Gasteiger partial charge on any atom is 0.0198 e. The lowest BCUT2D eigenvalue weighted by Gasteiger charge is -2.42. The molecule has 0 bridgehead atoms. The molecule has 0 aromatic heterocycles. The molecule has 0 aromatic carbocycles. The summed E-state index contributed by atoms with van der Waals surface area (Å²) in [5.41, 5.74) is 0. The van der Waals surface area contributed by atoms with Crippen LogP contribution in [-0.4, -0.2) is 35.5 Å². The van der Waals surface area contributed by atoms with Gasteiger partial charge in [0.2, 0.25) is 0 Å². The predicted octanol–water partition coefficient (Wildman–Crippen LogP) is 1.59. The van der Waals surface area contributed by atoms with E-state index in [0.29, 0.717) is 0 Å². The van der Waals surface area contributed by atoms with Gasteiger partial charge < -0.3 is 0 Å². The largest absolute Gasteiger partial charge is 0.299 e. The first-order valence-electron chi connectivity index (χ1n) is 4.28. The molecule has 2 rings (SSSR count). The van der Waals surface area contributed by atoms with Crippen molar-refractivity contribution in [2.75, 3.05) is 24.6 Å². The maximum absolute atomic E-state index is 2.64. The van der Waals surface area contributed by atoms with Crippen molar-refractivity contribution in [3.05, 3.63) is 0 Å². The Morgan fingerprint density at radius 2 is 2.20 bits per heavy atom. The molecule has 0 amide bonds. The van der Waals surface area contributed by atoms with E-state index >= 15 is 0 Å². The lowest BCUT2D eigenvalue weighted by molar-refractivity contribution is 0.105. The molecule has 0 aromatic rings. The zero-order valence-electron chi connectivity index (χ0n) is 6.38. The Morgan fingerprint density at radius 1 is 1.20 bits per heavy atom. The Kier molecular flexibility index (Phi) is 2.19. The summed E-state index contributed by atoms with van der Waals surface area (Å²) in [6.07, 6.45) is 4.34. The summed E-state index contributed by atoms with van der Waals surface area (Å²) in [7, 11) is 0. The molecule has 1 nitrogen and oxygen atoms in total. The fourth-order valence-corrected chi connectivity index (χ4v) is 2.94. The third-order valence-corrected chi connectivity index (χ3v) is 3.76. The lowest BCUT2D eigenvalue weighted by Crippen LogP contribution is -2.50. The molecule has 2 fully saturated rings. The van der Waals surface area contributed by atoms with Crippen LogP contribution in [0.4, 0.5) is 0 Å². The highest BCUT2D eigenvalue weighted by Gasteiger charge is 2.27. The second-order valence-electron chi connectivity index (χ2n) is 3.26. The second kappa shape index (κ2) is 3.14. The van der Waals surface area contributed by atoms with Gasteiger partial charge in [0, 0.05) is 11.8 Å². The van der Waals surface area contributed by atoms with Crippen LogP contribution in [0.25, 0.3) is 0 Å². The fourth-order valence-electron chi connectivity index (χ4n) is 1.72. The van der Waals surface area contributed by atoms with Crippen LogP contribution >= 0.6 is 11.8 Å². The molecule has 1 unspecified atom stereocenters. The van der Waals surface area contributed by atoms with Crippen LogP contribution in [0, 0.1) is 0 Å². The van der Waals surface area contributed by atoms with E-state index in [9.17, 15) is 0 Å². The van der Waals surface area contributed by atoms with Crippen LogP contribution in [0.5, 0.6) is 0 Å². The van der Waals surface area contributed by atoms with Crippen LogP contribution in [0.2, 0.25) is 0 Å². The highest BCUT2D eigenvalue weighted by molar-refractivity contribution is 7.99.